The molecule has 2 nitrogen and oxygen atoms in total. The van der Waals surface area contributed by atoms with Crippen molar-refractivity contribution in [2.75, 3.05) is 0 Å². The third-order valence-electron chi connectivity index (χ3n) is 1.98. The summed E-state index contributed by atoms with van der Waals surface area (Å²) in [5, 5.41) is 1.98. The molecular formula is C10H14BrNOS. The molecule has 0 aliphatic rings. The van der Waals surface area contributed by atoms with Gasteiger partial charge in [-0.3, -0.25) is 4.79 Å². The monoisotopic (exact) mass is 275 g/mol. The molecule has 1 rings (SSSR count). The van der Waals surface area contributed by atoms with E-state index in [0.29, 0.717) is 6.42 Å². The first kappa shape index (κ1) is 11.9. The molecule has 0 spiro atoms. The Labute approximate surface area is 96.6 Å². The average Bonchev–Trinajstić information content (AvgIpc) is 2.51. The highest BCUT2D eigenvalue weighted by Crippen LogP contribution is 2.20. The van der Waals surface area contributed by atoms with Gasteiger partial charge in [0.2, 0.25) is 0 Å². The van der Waals surface area contributed by atoms with Gasteiger partial charge in [0.25, 0.3) is 0 Å². The number of carbonyl (C=O) groups is 1. The van der Waals surface area contributed by atoms with Crippen LogP contribution in [0.15, 0.2) is 15.9 Å². The first-order valence-corrected chi connectivity index (χ1v) is 6.32. The van der Waals surface area contributed by atoms with Gasteiger partial charge in [-0.1, -0.05) is 13.3 Å². The van der Waals surface area contributed by atoms with Crippen LogP contribution in [0.1, 0.15) is 24.6 Å². The molecule has 1 unspecified atom stereocenters. The van der Waals surface area contributed by atoms with Gasteiger partial charge in [0.1, 0.15) is 0 Å². The number of ketones is 1. The van der Waals surface area contributed by atoms with Gasteiger partial charge >= 0.3 is 0 Å². The predicted molar refractivity (Wildman–Crippen MR) is 63.6 cm³/mol. The molecule has 14 heavy (non-hydrogen) atoms. The molecular weight excluding hydrogens is 262 g/mol. The van der Waals surface area contributed by atoms with Crippen LogP contribution in [-0.4, -0.2) is 11.8 Å². The minimum absolute atomic E-state index is 0.140. The molecule has 1 atom stereocenters. The van der Waals surface area contributed by atoms with Crippen molar-refractivity contribution in [1.82, 2.24) is 0 Å². The largest absolute Gasteiger partial charge is 0.321 e. The Morgan fingerprint density at radius 2 is 2.43 bits per heavy atom. The highest BCUT2D eigenvalue weighted by Gasteiger charge is 2.13. The maximum Gasteiger partial charge on any atom is 0.154 e. The van der Waals surface area contributed by atoms with E-state index in [9.17, 15) is 4.79 Å². The smallest absolute Gasteiger partial charge is 0.154 e. The molecule has 0 aromatic carbocycles. The molecule has 0 amide bonds. The van der Waals surface area contributed by atoms with Crippen molar-refractivity contribution in [3.8, 4) is 0 Å². The lowest BCUT2D eigenvalue weighted by molar-refractivity contribution is -0.119. The van der Waals surface area contributed by atoms with Gasteiger partial charge in [-0.15, -0.1) is 11.3 Å². The highest BCUT2D eigenvalue weighted by molar-refractivity contribution is 9.10. The standard InChI is InChI=1S/C10H14BrNOS/c1-2-3-9(12)10(13)5-8-4-7(11)6-14-8/h4,6,9H,2-3,5,12H2,1H3. The number of hydrogen-bond donors (Lipinski definition) is 1. The van der Waals surface area contributed by atoms with E-state index in [0.717, 1.165) is 22.2 Å². The topological polar surface area (TPSA) is 43.1 Å². The van der Waals surface area contributed by atoms with Gasteiger partial charge in [-0.25, -0.2) is 0 Å². The zero-order valence-corrected chi connectivity index (χ0v) is 10.5. The second kappa shape index (κ2) is 5.63. The van der Waals surface area contributed by atoms with Crippen molar-refractivity contribution in [3.63, 3.8) is 0 Å². The Balaban J connectivity index is 2.48. The zero-order chi connectivity index (χ0) is 10.6. The summed E-state index contributed by atoms with van der Waals surface area (Å²) < 4.78 is 1.04. The molecule has 0 bridgehead atoms. The summed E-state index contributed by atoms with van der Waals surface area (Å²) in [7, 11) is 0. The van der Waals surface area contributed by atoms with Crippen LogP contribution in [0.5, 0.6) is 0 Å². The molecule has 1 aromatic rings. The van der Waals surface area contributed by atoms with E-state index >= 15 is 0 Å². The fourth-order valence-electron chi connectivity index (χ4n) is 1.22. The van der Waals surface area contributed by atoms with Crippen molar-refractivity contribution in [1.29, 1.82) is 0 Å². The number of halogens is 1. The average molecular weight is 276 g/mol. The molecule has 4 heteroatoms. The Bertz CT molecular complexity index is 311. The summed E-state index contributed by atoms with van der Waals surface area (Å²) >= 11 is 4.95. The number of carbonyl (C=O) groups excluding carboxylic acids is 1. The van der Waals surface area contributed by atoms with E-state index < -0.39 is 0 Å². The SMILES string of the molecule is CCCC(N)C(=O)Cc1cc(Br)cs1. The highest BCUT2D eigenvalue weighted by atomic mass is 79.9. The van der Waals surface area contributed by atoms with Crippen LogP contribution in [-0.2, 0) is 11.2 Å². The number of rotatable bonds is 5. The minimum Gasteiger partial charge on any atom is -0.321 e. The van der Waals surface area contributed by atoms with E-state index in [1.54, 1.807) is 11.3 Å². The Morgan fingerprint density at radius 1 is 1.71 bits per heavy atom. The molecule has 2 N–H and O–H groups in total. The third-order valence-corrected chi connectivity index (χ3v) is 3.68. The minimum atomic E-state index is -0.291. The number of Topliss-reactive ketones (excluding diaryl/α,β-unsaturated/α-hetero) is 1. The van der Waals surface area contributed by atoms with Crippen LogP contribution in [0.2, 0.25) is 0 Å². The first-order valence-electron chi connectivity index (χ1n) is 4.64. The van der Waals surface area contributed by atoms with E-state index in [-0.39, 0.29) is 11.8 Å². The van der Waals surface area contributed by atoms with Crippen LogP contribution in [0.25, 0.3) is 0 Å². The van der Waals surface area contributed by atoms with E-state index in [1.807, 2.05) is 18.4 Å². The summed E-state index contributed by atoms with van der Waals surface area (Å²) in [5.41, 5.74) is 5.73. The number of hydrogen-bond acceptors (Lipinski definition) is 3. The maximum absolute atomic E-state index is 11.6. The van der Waals surface area contributed by atoms with Gasteiger partial charge in [-0.2, -0.15) is 0 Å². The first-order chi connectivity index (χ1) is 6.63. The molecule has 78 valence electrons. The lowest BCUT2D eigenvalue weighted by Crippen LogP contribution is -2.31. The molecule has 0 fully saturated rings. The second-order valence-electron chi connectivity index (χ2n) is 3.27. The fraction of sp³-hybridized carbons (Fsp3) is 0.500. The van der Waals surface area contributed by atoms with Crippen LogP contribution in [0.3, 0.4) is 0 Å². The van der Waals surface area contributed by atoms with E-state index in [1.165, 1.54) is 0 Å². The van der Waals surface area contributed by atoms with E-state index in [2.05, 4.69) is 15.9 Å². The van der Waals surface area contributed by atoms with Crippen molar-refractivity contribution in [3.05, 3.63) is 20.8 Å². The summed E-state index contributed by atoms with van der Waals surface area (Å²) in [5.74, 6) is 0.140. The lowest BCUT2D eigenvalue weighted by atomic mass is 10.1. The fourth-order valence-corrected chi connectivity index (χ4v) is 2.68. The van der Waals surface area contributed by atoms with Gasteiger partial charge in [-0.05, 0) is 28.4 Å². The van der Waals surface area contributed by atoms with Crippen LogP contribution < -0.4 is 5.73 Å². The third kappa shape index (κ3) is 3.52. The Morgan fingerprint density at radius 3 is 2.93 bits per heavy atom. The van der Waals surface area contributed by atoms with Crippen molar-refractivity contribution >= 4 is 33.0 Å². The van der Waals surface area contributed by atoms with Crippen molar-refractivity contribution < 1.29 is 4.79 Å². The molecule has 0 radical (unpaired) electrons. The number of thiophene rings is 1. The van der Waals surface area contributed by atoms with Crippen molar-refractivity contribution in [2.24, 2.45) is 5.73 Å². The predicted octanol–water partition coefficient (Wildman–Crippen LogP) is 2.75. The van der Waals surface area contributed by atoms with Crippen LogP contribution >= 0.6 is 27.3 Å². The molecule has 0 saturated heterocycles. The molecule has 0 aliphatic carbocycles. The van der Waals surface area contributed by atoms with Crippen molar-refractivity contribution in [2.45, 2.75) is 32.2 Å². The van der Waals surface area contributed by atoms with Crippen LogP contribution in [0, 0.1) is 0 Å². The second-order valence-corrected chi connectivity index (χ2v) is 5.18. The van der Waals surface area contributed by atoms with Crippen LogP contribution in [0.4, 0.5) is 0 Å². The summed E-state index contributed by atoms with van der Waals surface area (Å²) in [6.07, 6.45) is 2.21. The summed E-state index contributed by atoms with van der Waals surface area (Å²) in [4.78, 5) is 12.7. The zero-order valence-electron chi connectivity index (χ0n) is 8.13. The maximum atomic E-state index is 11.6. The summed E-state index contributed by atoms with van der Waals surface area (Å²) in [6.45, 7) is 2.04. The Hall–Kier alpha value is -0.190. The molecule has 1 heterocycles. The van der Waals surface area contributed by atoms with Gasteiger partial charge in [0.15, 0.2) is 5.78 Å². The summed E-state index contributed by atoms with van der Waals surface area (Å²) in [6, 6.07) is 1.68. The molecule has 0 saturated carbocycles. The molecule has 1 aromatic heterocycles. The van der Waals surface area contributed by atoms with Gasteiger partial charge < -0.3 is 5.73 Å². The normalized spacial score (nSPS) is 12.8. The van der Waals surface area contributed by atoms with Gasteiger partial charge in [0, 0.05) is 21.2 Å². The van der Waals surface area contributed by atoms with Gasteiger partial charge in [0.05, 0.1) is 6.04 Å². The Kier molecular flexibility index (Phi) is 4.78. The quantitative estimate of drug-likeness (QED) is 0.898. The lowest BCUT2D eigenvalue weighted by Gasteiger charge is -2.07. The van der Waals surface area contributed by atoms with E-state index in [4.69, 9.17) is 5.73 Å². The number of nitrogens with two attached hydrogens (primary N) is 1. The molecule has 0 aliphatic heterocycles.